The third-order valence-electron chi connectivity index (χ3n) is 3.42. The molecule has 0 radical (unpaired) electrons. The van der Waals surface area contributed by atoms with Crippen LogP contribution in [0.3, 0.4) is 0 Å². The molecule has 0 bridgehead atoms. The van der Waals surface area contributed by atoms with E-state index in [1.54, 1.807) is 31.6 Å². The van der Waals surface area contributed by atoms with Crippen molar-refractivity contribution in [2.45, 2.75) is 6.61 Å². The van der Waals surface area contributed by atoms with Crippen molar-refractivity contribution >= 4 is 22.8 Å². The highest BCUT2D eigenvalue weighted by Gasteiger charge is 2.02. The fourth-order valence-corrected chi connectivity index (χ4v) is 2.23. The van der Waals surface area contributed by atoms with Gasteiger partial charge in [-0.1, -0.05) is 18.2 Å². The zero-order chi connectivity index (χ0) is 16.1. The summed E-state index contributed by atoms with van der Waals surface area (Å²) in [5.74, 6) is 1.03. The van der Waals surface area contributed by atoms with Gasteiger partial charge in [0.15, 0.2) is 0 Å². The number of carbonyl (C=O) groups excluding carboxylic acids is 1. The number of carbonyl (C=O) groups is 1. The van der Waals surface area contributed by atoms with Crippen LogP contribution >= 0.6 is 0 Å². The van der Waals surface area contributed by atoms with Crippen LogP contribution in [0.25, 0.3) is 16.8 Å². The average molecular weight is 308 g/mol. The summed E-state index contributed by atoms with van der Waals surface area (Å²) < 4.78 is 15.5. The summed E-state index contributed by atoms with van der Waals surface area (Å²) in [6.45, 7) is 0.225. The number of hydrogen-bond acceptors (Lipinski definition) is 4. The largest absolute Gasteiger partial charge is 0.497 e. The Morgan fingerprint density at radius 2 is 1.96 bits per heavy atom. The van der Waals surface area contributed by atoms with Crippen molar-refractivity contribution in [2.24, 2.45) is 0 Å². The van der Waals surface area contributed by atoms with Crippen LogP contribution in [-0.2, 0) is 16.1 Å². The second kappa shape index (κ2) is 6.83. The molecule has 1 heterocycles. The molecule has 3 aromatic rings. The summed E-state index contributed by atoms with van der Waals surface area (Å²) in [6.07, 6.45) is 4.48. The van der Waals surface area contributed by atoms with E-state index in [1.165, 1.54) is 6.08 Å². The number of hydrogen-bond donors (Lipinski definition) is 0. The number of benzene rings is 2. The van der Waals surface area contributed by atoms with Crippen molar-refractivity contribution in [2.75, 3.05) is 7.11 Å². The van der Waals surface area contributed by atoms with Crippen LogP contribution in [0.2, 0.25) is 0 Å². The summed E-state index contributed by atoms with van der Waals surface area (Å²) >= 11 is 0. The highest BCUT2D eigenvalue weighted by molar-refractivity contribution is 5.87. The second-order valence-electron chi connectivity index (χ2n) is 5.00. The van der Waals surface area contributed by atoms with E-state index in [9.17, 15) is 4.79 Å². The monoisotopic (exact) mass is 308 g/mol. The second-order valence-corrected chi connectivity index (χ2v) is 5.00. The summed E-state index contributed by atoms with van der Waals surface area (Å²) in [4.78, 5) is 11.7. The van der Waals surface area contributed by atoms with Gasteiger partial charge in [-0.2, -0.15) is 0 Å². The highest BCUT2D eigenvalue weighted by atomic mass is 16.5. The van der Waals surface area contributed by atoms with Crippen molar-refractivity contribution in [1.29, 1.82) is 0 Å². The van der Waals surface area contributed by atoms with E-state index in [-0.39, 0.29) is 6.61 Å². The number of fused-ring (bicyclic) bond motifs is 1. The van der Waals surface area contributed by atoms with E-state index in [0.717, 1.165) is 22.1 Å². The minimum atomic E-state index is -0.406. The van der Waals surface area contributed by atoms with Gasteiger partial charge >= 0.3 is 5.97 Å². The van der Waals surface area contributed by atoms with Gasteiger partial charge in [0, 0.05) is 6.08 Å². The van der Waals surface area contributed by atoms with Gasteiger partial charge in [-0.05, 0) is 52.7 Å². The number of rotatable bonds is 5. The molecule has 0 atom stereocenters. The number of methoxy groups -OCH3 is 1. The van der Waals surface area contributed by atoms with Crippen LogP contribution in [0.5, 0.6) is 5.75 Å². The maximum absolute atomic E-state index is 11.7. The predicted octanol–water partition coefficient (Wildman–Crippen LogP) is 4.20. The van der Waals surface area contributed by atoms with E-state index >= 15 is 0 Å². The predicted molar refractivity (Wildman–Crippen MR) is 88.0 cm³/mol. The molecule has 0 amide bonds. The summed E-state index contributed by atoms with van der Waals surface area (Å²) in [7, 11) is 1.64. The van der Waals surface area contributed by atoms with Gasteiger partial charge < -0.3 is 13.9 Å². The normalized spacial score (nSPS) is 11.0. The maximum atomic E-state index is 11.7. The number of furan rings is 1. The van der Waals surface area contributed by atoms with Gasteiger partial charge in [0.05, 0.1) is 13.4 Å². The average Bonchev–Trinajstić information content (AvgIpc) is 3.11. The molecule has 0 fully saturated rings. The first-order valence-corrected chi connectivity index (χ1v) is 7.19. The molecule has 0 aliphatic rings. The molecule has 0 aliphatic carbocycles. The molecule has 116 valence electrons. The van der Waals surface area contributed by atoms with Gasteiger partial charge in [0.2, 0.25) is 0 Å². The SMILES string of the molecule is COc1ccc2cc(COC(=O)C=Cc3ccco3)ccc2c1. The van der Waals surface area contributed by atoms with E-state index in [1.807, 2.05) is 36.4 Å². The van der Waals surface area contributed by atoms with Crippen molar-refractivity contribution in [3.05, 3.63) is 72.2 Å². The van der Waals surface area contributed by atoms with Crippen LogP contribution in [-0.4, -0.2) is 13.1 Å². The Bertz CT molecular complexity index is 832. The van der Waals surface area contributed by atoms with Gasteiger partial charge in [-0.3, -0.25) is 0 Å². The first-order chi connectivity index (χ1) is 11.2. The first-order valence-electron chi connectivity index (χ1n) is 7.19. The Labute approximate surface area is 133 Å². The fraction of sp³-hybridized carbons (Fsp3) is 0.105. The molecular formula is C19H16O4. The lowest BCUT2D eigenvalue weighted by Crippen LogP contribution is -2.00. The Hall–Kier alpha value is -3.01. The van der Waals surface area contributed by atoms with E-state index in [4.69, 9.17) is 13.9 Å². The Balaban J connectivity index is 1.63. The van der Waals surface area contributed by atoms with E-state index in [2.05, 4.69) is 0 Å². The molecule has 3 rings (SSSR count). The third-order valence-corrected chi connectivity index (χ3v) is 3.42. The molecular weight excluding hydrogens is 292 g/mol. The van der Waals surface area contributed by atoms with Crippen LogP contribution in [0.1, 0.15) is 11.3 Å². The van der Waals surface area contributed by atoms with Crippen molar-refractivity contribution in [1.82, 2.24) is 0 Å². The van der Waals surface area contributed by atoms with Crippen molar-refractivity contribution in [3.8, 4) is 5.75 Å². The van der Waals surface area contributed by atoms with Gasteiger partial charge in [0.25, 0.3) is 0 Å². The molecule has 0 unspecified atom stereocenters. The molecule has 0 N–H and O–H groups in total. The minimum Gasteiger partial charge on any atom is -0.497 e. The molecule has 0 saturated carbocycles. The summed E-state index contributed by atoms with van der Waals surface area (Å²) in [5, 5.41) is 2.16. The molecule has 1 aromatic heterocycles. The first kappa shape index (κ1) is 14.9. The molecule has 4 heteroatoms. The molecule has 0 spiro atoms. The topological polar surface area (TPSA) is 48.7 Å². The lowest BCUT2D eigenvalue weighted by molar-refractivity contribution is -0.138. The van der Waals surface area contributed by atoms with Crippen LogP contribution in [0.15, 0.2) is 65.3 Å². The fourth-order valence-electron chi connectivity index (χ4n) is 2.23. The van der Waals surface area contributed by atoms with Gasteiger partial charge in [-0.25, -0.2) is 4.79 Å². The summed E-state index contributed by atoms with van der Waals surface area (Å²) in [6, 6.07) is 15.3. The van der Waals surface area contributed by atoms with E-state index < -0.39 is 5.97 Å². The Morgan fingerprint density at radius 1 is 1.13 bits per heavy atom. The van der Waals surface area contributed by atoms with Crippen LogP contribution < -0.4 is 4.74 Å². The van der Waals surface area contributed by atoms with Crippen LogP contribution in [0.4, 0.5) is 0 Å². The zero-order valence-electron chi connectivity index (χ0n) is 12.7. The smallest absolute Gasteiger partial charge is 0.331 e. The minimum absolute atomic E-state index is 0.225. The van der Waals surface area contributed by atoms with Gasteiger partial charge in [-0.15, -0.1) is 0 Å². The maximum Gasteiger partial charge on any atom is 0.331 e. The molecule has 0 aliphatic heterocycles. The molecule has 2 aromatic carbocycles. The quantitative estimate of drug-likeness (QED) is 0.523. The molecule has 4 nitrogen and oxygen atoms in total. The van der Waals surface area contributed by atoms with Gasteiger partial charge in [0.1, 0.15) is 18.1 Å². The lowest BCUT2D eigenvalue weighted by atomic mass is 10.1. The van der Waals surface area contributed by atoms with Crippen molar-refractivity contribution < 1.29 is 18.7 Å². The zero-order valence-corrected chi connectivity index (χ0v) is 12.7. The van der Waals surface area contributed by atoms with Crippen molar-refractivity contribution in [3.63, 3.8) is 0 Å². The van der Waals surface area contributed by atoms with Crippen LogP contribution in [0, 0.1) is 0 Å². The third kappa shape index (κ3) is 3.80. The summed E-state index contributed by atoms with van der Waals surface area (Å²) in [5.41, 5.74) is 0.933. The molecule has 23 heavy (non-hydrogen) atoms. The highest BCUT2D eigenvalue weighted by Crippen LogP contribution is 2.22. The molecule has 0 saturated heterocycles. The number of ether oxygens (including phenoxy) is 2. The number of esters is 1. The Kier molecular flexibility index (Phi) is 4.43. The standard InChI is InChI=1S/C19H16O4/c1-21-18-7-6-15-11-14(4-5-16(15)12-18)13-23-19(20)9-8-17-3-2-10-22-17/h2-12H,13H2,1H3. The Morgan fingerprint density at radius 3 is 2.74 bits per heavy atom. The lowest BCUT2D eigenvalue weighted by Gasteiger charge is -2.06. The van der Waals surface area contributed by atoms with E-state index in [0.29, 0.717) is 5.76 Å².